The Balaban J connectivity index is 2.22. The summed E-state index contributed by atoms with van der Waals surface area (Å²) >= 11 is 0. The maximum Gasteiger partial charge on any atom is 0.0872 e. The SMILES string of the molecule is C=C(C)N1C=C(c2cccc(CC)c2)N=C(CCCCCCC)C1=C. The zero-order chi connectivity index (χ0) is 18.2. The molecular formula is C23H32N2. The van der Waals surface area contributed by atoms with Crippen LogP contribution in [-0.4, -0.2) is 10.6 Å². The summed E-state index contributed by atoms with van der Waals surface area (Å²) in [6.07, 6.45) is 10.4. The molecule has 134 valence electrons. The summed E-state index contributed by atoms with van der Waals surface area (Å²) in [5.74, 6) is 0. The highest BCUT2D eigenvalue weighted by molar-refractivity contribution is 6.04. The van der Waals surface area contributed by atoms with Gasteiger partial charge in [0.05, 0.1) is 17.1 Å². The molecule has 2 nitrogen and oxygen atoms in total. The number of hydrogen-bond acceptors (Lipinski definition) is 2. The van der Waals surface area contributed by atoms with Gasteiger partial charge in [-0.3, -0.25) is 0 Å². The van der Waals surface area contributed by atoms with Gasteiger partial charge in [-0.25, -0.2) is 4.99 Å². The predicted molar refractivity (Wildman–Crippen MR) is 110 cm³/mol. The summed E-state index contributed by atoms with van der Waals surface area (Å²) in [5, 5.41) is 0. The maximum absolute atomic E-state index is 4.95. The predicted octanol–water partition coefficient (Wildman–Crippen LogP) is 6.71. The Morgan fingerprint density at radius 1 is 1.12 bits per heavy atom. The zero-order valence-electron chi connectivity index (χ0n) is 16.1. The van der Waals surface area contributed by atoms with E-state index in [2.05, 4.69) is 62.4 Å². The van der Waals surface area contributed by atoms with Gasteiger partial charge in [-0.1, -0.05) is 70.9 Å². The minimum atomic E-state index is 0.971. The number of unbranched alkanes of at least 4 members (excludes halogenated alkanes) is 4. The molecule has 0 saturated carbocycles. The van der Waals surface area contributed by atoms with Crippen LogP contribution >= 0.6 is 0 Å². The molecule has 0 aliphatic carbocycles. The molecule has 0 spiro atoms. The van der Waals surface area contributed by atoms with Crippen molar-refractivity contribution in [1.29, 1.82) is 0 Å². The first-order valence-corrected chi connectivity index (χ1v) is 9.59. The summed E-state index contributed by atoms with van der Waals surface area (Å²) in [6.45, 7) is 14.8. The Hall–Kier alpha value is -2.09. The molecule has 1 aliphatic rings. The molecule has 0 atom stereocenters. The van der Waals surface area contributed by atoms with Crippen LogP contribution in [0.25, 0.3) is 5.70 Å². The second-order valence-corrected chi connectivity index (χ2v) is 6.84. The van der Waals surface area contributed by atoms with Crippen LogP contribution in [0.5, 0.6) is 0 Å². The lowest BCUT2D eigenvalue weighted by Crippen LogP contribution is -2.23. The smallest absolute Gasteiger partial charge is 0.0872 e. The summed E-state index contributed by atoms with van der Waals surface area (Å²) in [5.41, 5.74) is 6.56. The second kappa shape index (κ2) is 9.41. The Morgan fingerprint density at radius 3 is 2.56 bits per heavy atom. The molecule has 0 radical (unpaired) electrons. The molecule has 2 rings (SSSR count). The first kappa shape index (κ1) is 19.2. The fraction of sp³-hybridized carbons (Fsp3) is 0.435. The van der Waals surface area contributed by atoms with E-state index in [1.807, 2.05) is 6.92 Å². The summed E-state index contributed by atoms with van der Waals surface area (Å²) in [4.78, 5) is 7.04. The van der Waals surface area contributed by atoms with E-state index in [9.17, 15) is 0 Å². The van der Waals surface area contributed by atoms with Crippen molar-refractivity contribution in [3.63, 3.8) is 0 Å². The van der Waals surface area contributed by atoms with Gasteiger partial charge < -0.3 is 4.90 Å². The van der Waals surface area contributed by atoms with E-state index in [1.54, 1.807) is 0 Å². The van der Waals surface area contributed by atoms with Crippen molar-refractivity contribution in [2.45, 2.75) is 65.7 Å². The van der Waals surface area contributed by atoms with Gasteiger partial charge in [-0.15, -0.1) is 0 Å². The molecule has 0 N–H and O–H groups in total. The van der Waals surface area contributed by atoms with Crippen LogP contribution in [-0.2, 0) is 6.42 Å². The van der Waals surface area contributed by atoms with Crippen LogP contribution in [0.4, 0.5) is 0 Å². The van der Waals surface area contributed by atoms with Gasteiger partial charge in [0.25, 0.3) is 0 Å². The number of allylic oxidation sites excluding steroid dienone is 2. The van der Waals surface area contributed by atoms with Gasteiger partial charge in [0.15, 0.2) is 0 Å². The third-order valence-corrected chi connectivity index (χ3v) is 4.69. The van der Waals surface area contributed by atoms with E-state index in [0.717, 1.165) is 35.6 Å². The number of hydrogen-bond donors (Lipinski definition) is 0. The summed E-state index contributed by atoms with van der Waals surface area (Å²) < 4.78 is 0. The Labute approximate surface area is 153 Å². The first-order valence-electron chi connectivity index (χ1n) is 9.59. The van der Waals surface area contributed by atoms with Gasteiger partial charge >= 0.3 is 0 Å². The molecule has 1 aromatic rings. The summed E-state index contributed by atoms with van der Waals surface area (Å²) in [7, 11) is 0. The van der Waals surface area contributed by atoms with Crippen LogP contribution < -0.4 is 0 Å². The van der Waals surface area contributed by atoms with Crippen LogP contribution in [0, 0.1) is 0 Å². The van der Waals surface area contributed by atoms with Crippen molar-refractivity contribution in [3.05, 3.63) is 66.1 Å². The van der Waals surface area contributed by atoms with E-state index in [-0.39, 0.29) is 0 Å². The fourth-order valence-electron chi connectivity index (χ4n) is 3.10. The molecule has 0 amide bonds. The van der Waals surface area contributed by atoms with Crippen molar-refractivity contribution in [2.75, 3.05) is 0 Å². The fourth-order valence-corrected chi connectivity index (χ4v) is 3.10. The Bertz CT molecular complexity index is 679. The highest BCUT2D eigenvalue weighted by Gasteiger charge is 2.19. The normalized spacial score (nSPS) is 14.4. The van der Waals surface area contributed by atoms with Crippen molar-refractivity contribution < 1.29 is 0 Å². The van der Waals surface area contributed by atoms with Gasteiger partial charge in [0, 0.05) is 17.5 Å². The summed E-state index contributed by atoms with van der Waals surface area (Å²) in [6, 6.07) is 8.65. The number of aliphatic imine (C=N–C) groups is 1. The maximum atomic E-state index is 4.95. The van der Waals surface area contributed by atoms with E-state index in [4.69, 9.17) is 4.99 Å². The van der Waals surface area contributed by atoms with E-state index in [0.29, 0.717) is 0 Å². The van der Waals surface area contributed by atoms with Crippen molar-refractivity contribution >= 4 is 11.4 Å². The largest absolute Gasteiger partial charge is 0.318 e. The number of rotatable bonds is 9. The monoisotopic (exact) mass is 336 g/mol. The van der Waals surface area contributed by atoms with Gasteiger partial charge in [-0.2, -0.15) is 0 Å². The van der Waals surface area contributed by atoms with Crippen LogP contribution in [0.3, 0.4) is 0 Å². The topological polar surface area (TPSA) is 15.6 Å². The lowest BCUT2D eigenvalue weighted by molar-refractivity contribution is 0.595. The molecule has 1 heterocycles. The third kappa shape index (κ3) is 5.19. The second-order valence-electron chi connectivity index (χ2n) is 6.84. The lowest BCUT2D eigenvalue weighted by atomic mass is 10.0. The minimum absolute atomic E-state index is 0.971. The molecule has 0 bridgehead atoms. The molecule has 1 aromatic carbocycles. The Morgan fingerprint density at radius 2 is 1.88 bits per heavy atom. The highest BCUT2D eigenvalue weighted by atomic mass is 15.2. The van der Waals surface area contributed by atoms with E-state index < -0.39 is 0 Å². The van der Waals surface area contributed by atoms with Crippen molar-refractivity contribution in [1.82, 2.24) is 4.90 Å². The standard InChI is InChI=1S/C23H32N2/c1-6-8-9-10-11-15-22-19(5)25(18(3)4)17-23(24-22)21-14-12-13-20(7-2)16-21/h12-14,16-17H,3,5-11,15H2,1-2,4H3. The average Bonchev–Trinajstić information content (AvgIpc) is 2.62. The zero-order valence-corrected chi connectivity index (χ0v) is 16.1. The van der Waals surface area contributed by atoms with Gasteiger partial charge in [0.2, 0.25) is 0 Å². The molecule has 0 aromatic heterocycles. The molecular weight excluding hydrogens is 304 g/mol. The average molecular weight is 337 g/mol. The molecule has 0 saturated heterocycles. The van der Waals surface area contributed by atoms with Crippen LogP contribution in [0.1, 0.15) is 70.4 Å². The number of aryl methyl sites for hydroxylation is 1. The minimum Gasteiger partial charge on any atom is -0.318 e. The van der Waals surface area contributed by atoms with Crippen molar-refractivity contribution in [2.24, 2.45) is 4.99 Å². The van der Waals surface area contributed by atoms with Crippen molar-refractivity contribution in [3.8, 4) is 0 Å². The molecule has 2 heteroatoms. The lowest BCUT2D eigenvalue weighted by Gasteiger charge is -2.29. The quantitative estimate of drug-likeness (QED) is 0.457. The van der Waals surface area contributed by atoms with Gasteiger partial charge in [-0.05, 0) is 37.8 Å². The molecule has 25 heavy (non-hydrogen) atoms. The highest BCUT2D eigenvalue weighted by Crippen LogP contribution is 2.29. The van der Waals surface area contributed by atoms with Crippen LogP contribution in [0.2, 0.25) is 0 Å². The first-order chi connectivity index (χ1) is 12.1. The van der Waals surface area contributed by atoms with Gasteiger partial charge in [0.1, 0.15) is 0 Å². The Kier molecular flexibility index (Phi) is 7.24. The molecule has 1 aliphatic heterocycles. The molecule has 0 fully saturated rings. The van der Waals surface area contributed by atoms with Crippen LogP contribution in [0.15, 0.2) is 60.0 Å². The number of benzene rings is 1. The molecule has 0 unspecified atom stereocenters. The third-order valence-electron chi connectivity index (χ3n) is 4.69. The number of nitrogens with zero attached hydrogens (tertiary/aromatic N) is 2. The van der Waals surface area contributed by atoms with E-state index in [1.165, 1.54) is 43.2 Å². The van der Waals surface area contributed by atoms with E-state index >= 15 is 0 Å².